The maximum absolute atomic E-state index is 6.74. The van der Waals surface area contributed by atoms with E-state index in [1.165, 1.54) is 31.3 Å². The van der Waals surface area contributed by atoms with Crippen molar-refractivity contribution in [3.8, 4) is 67.4 Å². The van der Waals surface area contributed by atoms with Crippen molar-refractivity contribution >= 4 is 53.4 Å². The summed E-state index contributed by atoms with van der Waals surface area (Å²) in [5, 5.41) is 4.82. The van der Waals surface area contributed by atoms with Crippen LogP contribution in [0.5, 0.6) is 0 Å². The molecule has 0 aliphatic carbocycles. The fourth-order valence-electron chi connectivity index (χ4n) is 7.93. The van der Waals surface area contributed by atoms with Crippen LogP contribution in [-0.2, 0) is 0 Å². The first-order chi connectivity index (χ1) is 27.7. The molecule has 11 rings (SSSR count). The summed E-state index contributed by atoms with van der Waals surface area (Å²) in [4.78, 5) is 14.8. The SMILES string of the molecule is c1ccc(-c2cc(-c3ccc(-c4ccc(-c5cccc6sc7ccccc7c56)c5c4oc4ccccc45)cc3)nc(-c3cccc(-c4ccccn4)c3)n2)cc1. The summed E-state index contributed by atoms with van der Waals surface area (Å²) < 4.78 is 9.33. The molecule has 0 unspecified atom stereocenters. The summed E-state index contributed by atoms with van der Waals surface area (Å²) in [5.41, 5.74) is 12.9. The molecule has 0 amide bonds. The van der Waals surface area contributed by atoms with Gasteiger partial charge in [-0.25, -0.2) is 9.97 Å². The van der Waals surface area contributed by atoms with Crippen molar-refractivity contribution in [2.75, 3.05) is 0 Å². The minimum absolute atomic E-state index is 0.663. The molecule has 0 saturated carbocycles. The number of benzene rings is 7. The van der Waals surface area contributed by atoms with Gasteiger partial charge in [0.25, 0.3) is 0 Å². The first-order valence-electron chi connectivity index (χ1n) is 18.7. The molecule has 0 atom stereocenters. The monoisotopic (exact) mass is 733 g/mol. The van der Waals surface area contributed by atoms with E-state index in [1.807, 2.05) is 66.1 Å². The van der Waals surface area contributed by atoms with Gasteiger partial charge in [-0.15, -0.1) is 11.3 Å². The predicted molar refractivity (Wildman–Crippen MR) is 233 cm³/mol. The van der Waals surface area contributed by atoms with Crippen LogP contribution in [0.25, 0.3) is 110 Å². The molecule has 0 N–H and O–H groups in total. The average molecular weight is 734 g/mol. The van der Waals surface area contributed by atoms with Crippen LogP contribution in [0.15, 0.2) is 193 Å². The van der Waals surface area contributed by atoms with Crippen molar-refractivity contribution in [1.82, 2.24) is 15.0 Å². The van der Waals surface area contributed by atoms with Crippen molar-refractivity contribution < 1.29 is 4.42 Å². The van der Waals surface area contributed by atoms with E-state index in [4.69, 9.17) is 14.4 Å². The highest BCUT2D eigenvalue weighted by atomic mass is 32.1. The second kappa shape index (κ2) is 13.3. The van der Waals surface area contributed by atoms with Crippen LogP contribution in [0.1, 0.15) is 0 Å². The molecule has 262 valence electrons. The van der Waals surface area contributed by atoms with E-state index in [0.717, 1.165) is 72.4 Å². The number of hydrogen-bond donors (Lipinski definition) is 0. The van der Waals surface area contributed by atoms with E-state index in [0.29, 0.717) is 5.82 Å². The molecule has 5 heteroatoms. The van der Waals surface area contributed by atoms with Crippen molar-refractivity contribution in [2.24, 2.45) is 0 Å². The summed E-state index contributed by atoms with van der Waals surface area (Å²) in [6.45, 7) is 0. The Kier molecular flexibility index (Phi) is 7.64. The lowest BCUT2D eigenvalue weighted by Crippen LogP contribution is -1.96. The molecule has 0 aliphatic heterocycles. The third-order valence-corrected chi connectivity index (χ3v) is 11.7. The molecule has 4 aromatic heterocycles. The van der Waals surface area contributed by atoms with Gasteiger partial charge < -0.3 is 4.42 Å². The third-order valence-electron chi connectivity index (χ3n) is 10.6. The van der Waals surface area contributed by atoms with Crippen molar-refractivity contribution in [1.29, 1.82) is 0 Å². The number of nitrogens with zero attached hydrogens (tertiary/aromatic N) is 3. The fourth-order valence-corrected chi connectivity index (χ4v) is 9.06. The fraction of sp³-hybridized carbons (Fsp3) is 0. The molecule has 0 bridgehead atoms. The number of para-hydroxylation sites is 1. The molecule has 0 aliphatic rings. The van der Waals surface area contributed by atoms with Crippen LogP contribution in [0, 0.1) is 0 Å². The predicted octanol–water partition coefficient (Wildman–Crippen LogP) is 14.1. The second-order valence-electron chi connectivity index (χ2n) is 13.9. The van der Waals surface area contributed by atoms with Gasteiger partial charge in [-0.05, 0) is 65.2 Å². The first kappa shape index (κ1) is 32.2. The molecular formula is C51H31N3OS. The Morgan fingerprint density at radius 1 is 0.393 bits per heavy atom. The van der Waals surface area contributed by atoms with E-state index in [1.54, 1.807) is 0 Å². The van der Waals surface area contributed by atoms with Crippen LogP contribution in [0.4, 0.5) is 0 Å². The van der Waals surface area contributed by atoms with Crippen LogP contribution >= 0.6 is 11.3 Å². The number of hydrogen-bond acceptors (Lipinski definition) is 5. The first-order valence-corrected chi connectivity index (χ1v) is 19.5. The van der Waals surface area contributed by atoms with Gasteiger partial charge in [0, 0.05) is 65.0 Å². The van der Waals surface area contributed by atoms with E-state index in [9.17, 15) is 0 Å². The molecule has 11 aromatic rings. The topological polar surface area (TPSA) is 51.8 Å². The molecule has 0 spiro atoms. The lowest BCUT2D eigenvalue weighted by atomic mass is 9.92. The lowest BCUT2D eigenvalue weighted by molar-refractivity contribution is 0.670. The standard InChI is InChI=1S/C51H31N3OS/c1-2-12-33(13-3-1)43-31-44(54-51(53-43)36-15-10-14-35(30-36)42-19-8-9-29-52-42)34-25-23-32(24-26-34)37-27-28-39(49-40-16-4-6-20-45(40)55-50(37)49)38-18-11-22-47-48(38)41-17-5-7-21-46(41)56-47/h1-31H. The molecule has 0 fully saturated rings. The Morgan fingerprint density at radius 2 is 1.04 bits per heavy atom. The molecule has 4 nitrogen and oxygen atoms in total. The zero-order valence-corrected chi connectivity index (χ0v) is 30.9. The Hall–Kier alpha value is -7.21. The maximum atomic E-state index is 6.74. The van der Waals surface area contributed by atoms with Crippen LogP contribution in [0.3, 0.4) is 0 Å². The Bertz CT molecular complexity index is 3240. The van der Waals surface area contributed by atoms with E-state index in [-0.39, 0.29) is 0 Å². The minimum Gasteiger partial charge on any atom is -0.455 e. The maximum Gasteiger partial charge on any atom is 0.160 e. The number of pyridine rings is 1. The van der Waals surface area contributed by atoms with Gasteiger partial charge in [-0.1, -0.05) is 133 Å². The van der Waals surface area contributed by atoms with Gasteiger partial charge in [-0.3, -0.25) is 4.98 Å². The summed E-state index contributed by atoms with van der Waals surface area (Å²) in [5.74, 6) is 0.663. The highest BCUT2D eigenvalue weighted by Crippen LogP contribution is 2.46. The molecular weight excluding hydrogens is 703 g/mol. The molecule has 4 heterocycles. The molecule has 0 saturated heterocycles. The quantitative estimate of drug-likeness (QED) is 0.171. The summed E-state index contributed by atoms with van der Waals surface area (Å²) in [7, 11) is 0. The number of rotatable bonds is 6. The van der Waals surface area contributed by atoms with Crippen molar-refractivity contribution in [2.45, 2.75) is 0 Å². The van der Waals surface area contributed by atoms with Gasteiger partial charge >= 0.3 is 0 Å². The van der Waals surface area contributed by atoms with Crippen LogP contribution in [0.2, 0.25) is 0 Å². The van der Waals surface area contributed by atoms with Crippen molar-refractivity contribution in [3.63, 3.8) is 0 Å². The zero-order valence-electron chi connectivity index (χ0n) is 30.1. The number of furan rings is 1. The second-order valence-corrected chi connectivity index (χ2v) is 15.0. The third kappa shape index (κ3) is 5.48. The number of fused-ring (bicyclic) bond motifs is 6. The lowest BCUT2D eigenvalue weighted by Gasteiger charge is -2.12. The largest absolute Gasteiger partial charge is 0.455 e. The van der Waals surface area contributed by atoms with Crippen molar-refractivity contribution in [3.05, 3.63) is 188 Å². The molecule has 0 radical (unpaired) electrons. The number of aromatic nitrogens is 3. The van der Waals surface area contributed by atoms with Gasteiger partial charge in [0.2, 0.25) is 0 Å². The highest BCUT2D eigenvalue weighted by Gasteiger charge is 2.20. The summed E-state index contributed by atoms with van der Waals surface area (Å²) in [6, 6.07) is 63.5. The zero-order chi connectivity index (χ0) is 37.0. The van der Waals surface area contributed by atoms with Crippen LogP contribution < -0.4 is 0 Å². The Labute approximate surface area is 327 Å². The van der Waals surface area contributed by atoms with Gasteiger partial charge in [0.1, 0.15) is 11.2 Å². The average Bonchev–Trinajstić information content (AvgIpc) is 3.86. The normalized spacial score (nSPS) is 11.6. The summed E-state index contributed by atoms with van der Waals surface area (Å²) in [6.07, 6.45) is 1.82. The Balaban J connectivity index is 1.04. The van der Waals surface area contributed by atoms with Gasteiger partial charge in [0.15, 0.2) is 5.82 Å². The van der Waals surface area contributed by atoms with Gasteiger partial charge in [-0.2, -0.15) is 0 Å². The molecule has 7 aromatic carbocycles. The van der Waals surface area contributed by atoms with Crippen LogP contribution in [-0.4, -0.2) is 15.0 Å². The van der Waals surface area contributed by atoms with Gasteiger partial charge in [0.05, 0.1) is 17.1 Å². The van der Waals surface area contributed by atoms with E-state index < -0.39 is 0 Å². The Morgan fingerprint density at radius 3 is 1.88 bits per heavy atom. The number of thiophene rings is 1. The minimum atomic E-state index is 0.663. The highest BCUT2D eigenvalue weighted by molar-refractivity contribution is 7.25. The molecule has 56 heavy (non-hydrogen) atoms. The van der Waals surface area contributed by atoms with E-state index in [2.05, 4.69) is 138 Å². The summed E-state index contributed by atoms with van der Waals surface area (Å²) >= 11 is 1.84. The smallest absolute Gasteiger partial charge is 0.160 e. The van der Waals surface area contributed by atoms with E-state index >= 15 is 0 Å².